The molecule has 24 heavy (non-hydrogen) atoms. The highest BCUT2D eigenvalue weighted by molar-refractivity contribution is 7.08. The zero-order valence-electron chi connectivity index (χ0n) is 13.6. The molecule has 1 amide bonds. The molecule has 3 aromatic rings. The van der Waals surface area contributed by atoms with E-state index < -0.39 is 0 Å². The molecule has 0 bridgehead atoms. The largest absolute Gasteiger partial charge is 0.348 e. The maximum absolute atomic E-state index is 12.3. The summed E-state index contributed by atoms with van der Waals surface area (Å²) in [6.07, 6.45) is 0.819. The number of hydrogen-bond acceptors (Lipinski definition) is 5. The van der Waals surface area contributed by atoms with Crippen LogP contribution in [0.5, 0.6) is 0 Å². The van der Waals surface area contributed by atoms with Crippen LogP contribution in [0.15, 0.2) is 41.1 Å². The standard InChI is InChI=1S/C17H19N5OS/c1-3-15(13-6-4-12(2)5-7-13)18-16(23)10-22-20-17(19-21-22)14-8-9-24-11-14/h4-9,11,15H,3,10H2,1-2H3,(H,18,23)/t15-/m1/s1. The van der Waals surface area contributed by atoms with Crippen molar-refractivity contribution in [2.45, 2.75) is 32.9 Å². The SMILES string of the molecule is CC[C@@H](NC(=O)Cn1nnc(-c2ccsc2)n1)c1ccc(C)cc1. The molecule has 3 rings (SSSR count). The van der Waals surface area contributed by atoms with Gasteiger partial charge in [0.25, 0.3) is 0 Å². The lowest BCUT2D eigenvalue weighted by atomic mass is 10.0. The van der Waals surface area contributed by atoms with E-state index in [4.69, 9.17) is 0 Å². The Hall–Kier alpha value is -2.54. The highest BCUT2D eigenvalue weighted by atomic mass is 32.1. The number of amides is 1. The van der Waals surface area contributed by atoms with Crippen molar-refractivity contribution in [1.29, 1.82) is 0 Å². The maximum atomic E-state index is 12.3. The number of hydrogen-bond donors (Lipinski definition) is 1. The molecule has 124 valence electrons. The fourth-order valence-corrected chi connectivity index (χ4v) is 3.04. The lowest BCUT2D eigenvalue weighted by molar-refractivity contribution is -0.122. The monoisotopic (exact) mass is 341 g/mol. The molecule has 0 aliphatic carbocycles. The second-order valence-electron chi connectivity index (χ2n) is 5.59. The Labute approximate surface area is 144 Å². The number of aromatic nitrogens is 4. The second-order valence-corrected chi connectivity index (χ2v) is 6.37. The van der Waals surface area contributed by atoms with Crippen LogP contribution < -0.4 is 5.32 Å². The predicted molar refractivity (Wildman–Crippen MR) is 93.5 cm³/mol. The van der Waals surface area contributed by atoms with Gasteiger partial charge in [-0.25, -0.2) is 0 Å². The zero-order valence-corrected chi connectivity index (χ0v) is 14.5. The first-order valence-electron chi connectivity index (χ1n) is 7.82. The van der Waals surface area contributed by atoms with Gasteiger partial charge in [0.15, 0.2) is 0 Å². The first-order chi connectivity index (χ1) is 11.7. The number of rotatable bonds is 6. The van der Waals surface area contributed by atoms with Gasteiger partial charge in [-0.2, -0.15) is 16.1 Å². The molecule has 0 fully saturated rings. The fourth-order valence-electron chi connectivity index (χ4n) is 2.41. The quantitative estimate of drug-likeness (QED) is 0.748. The molecule has 0 saturated heterocycles. The third-order valence-corrected chi connectivity index (χ3v) is 4.42. The normalized spacial score (nSPS) is 12.1. The topological polar surface area (TPSA) is 72.7 Å². The van der Waals surface area contributed by atoms with Gasteiger partial charge in [-0.3, -0.25) is 4.79 Å². The van der Waals surface area contributed by atoms with Crippen LogP contribution in [-0.2, 0) is 11.3 Å². The number of nitrogens with zero attached hydrogens (tertiary/aromatic N) is 4. The first kappa shape index (κ1) is 16.3. The van der Waals surface area contributed by atoms with E-state index in [1.807, 2.05) is 42.8 Å². The summed E-state index contributed by atoms with van der Waals surface area (Å²) >= 11 is 1.57. The first-order valence-corrected chi connectivity index (χ1v) is 8.76. The Morgan fingerprint density at radius 1 is 1.29 bits per heavy atom. The molecule has 2 heterocycles. The van der Waals surface area contributed by atoms with E-state index >= 15 is 0 Å². The van der Waals surface area contributed by atoms with Gasteiger partial charge in [-0.15, -0.1) is 10.2 Å². The number of carbonyl (C=O) groups excluding carboxylic acids is 1. The molecule has 1 atom stereocenters. The van der Waals surface area contributed by atoms with Crippen LogP contribution in [0.3, 0.4) is 0 Å². The number of tetrazole rings is 1. The summed E-state index contributed by atoms with van der Waals surface area (Å²) in [6, 6.07) is 10.1. The molecule has 6 nitrogen and oxygen atoms in total. The number of aryl methyl sites for hydroxylation is 1. The molecule has 0 aliphatic rings. The van der Waals surface area contributed by atoms with Crippen molar-refractivity contribution in [2.24, 2.45) is 0 Å². The molecule has 0 radical (unpaired) electrons. The Kier molecular flexibility index (Phi) is 5.00. The molecular weight excluding hydrogens is 322 g/mol. The summed E-state index contributed by atoms with van der Waals surface area (Å²) in [5.41, 5.74) is 3.22. The van der Waals surface area contributed by atoms with Crippen molar-refractivity contribution in [1.82, 2.24) is 25.5 Å². The lowest BCUT2D eigenvalue weighted by Crippen LogP contribution is -2.32. The minimum Gasteiger partial charge on any atom is -0.348 e. The summed E-state index contributed by atoms with van der Waals surface area (Å²) in [6.45, 7) is 4.15. The van der Waals surface area contributed by atoms with E-state index in [9.17, 15) is 4.79 Å². The average molecular weight is 341 g/mol. The van der Waals surface area contributed by atoms with E-state index in [0.717, 1.165) is 17.5 Å². The third-order valence-electron chi connectivity index (χ3n) is 3.74. The van der Waals surface area contributed by atoms with Crippen molar-refractivity contribution in [3.05, 3.63) is 52.2 Å². The summed E-state index contributed by atoms with van der Waals surface area (Å²) in [5, 5.41) is 19.1. The van der Waals surface area contributed by atoms with Gasteiger partial charge in [-0.1, -0.05) is 36.8 Å². The molecule has 2 aromatic heterocycles. The van der Waals surface area contributed by atoms with E-state index in [1.54, 1.807) is 11.3 Å². The molecular formula is C17H19N5OS. The van der Waals surface area contributed by atoms with Gasteiger partial charge in [0.05, 0.1) is 6.04 Å². The molecule has 0 aliphatic heterocycles. The number of carbonyl (C=O) groups is 1. The molecule has 0 saturated carbocycles. The highest BCUT2D eigenvalue weighted by Gasteiger charge is 2.14. The fraction of sp³-hybridized carbons (Fsp3) is 0.294. The zero-order chi connectivity index (χ0) is 16.9. The minimum absolute atomic E-state index is 0.0158. The van der Waals surface area contributed by atoms with Crippen molar-refractivity contribution >= 4 is 17.2 Å². The van der Waals surface area contributed by atoms with Gasteiger partial charge in [0.2, 0.25) is 11.7 Å². The summed E-state index contributed by atoms with van der Waals surface area (Å²) in [4.78, 5) is 13.6. The Balaban J connectivity index is 1.63. The van der Waals surface area contributed by atoms with Gasteiger partial charge in [-0.05, 0) is 35.6 Å². The summed E-state index contributed by atoms with van der Waals surface area (Å²) in [5.74, 6) is 0.409. The molecule has 1 aromatic carbocycles. The number of thiophene rings is 1. The molecule has 0 spiro atoms. The Morgan fingerprint density at radius 3 is 2.75 bits per heavy atom. The van der Waals surface area contributed by atoms with Gasteiger partial charge < -0.3 is 5.32 Å². The predicted octanol–water partition coefficient (Wildman–Crippen LogP) is 2.98. The van der Waals surface area contributed by atoms with E-state index in [2.05, 4.69) is 32.9 Å². The molecule has 7 heteroatoms. The van der Waals surface area contributed by atoms with Crippen LogP contribution in [0.4, 0.5) is 0 Å². The van der Waals surface area contributed by atoms with E-state index in [-0.39, 0.29) is 18.5 Å². The van der Waals surface area contributed by atoms with Gasteiger partial charge in [0, 0.05) is 10.9 Å². The number of nitrogens with one attached hydrogen (secondary N) is 1. The van der Waals surface area contributed by atoms with Gasteiger partial charge >= 0.3 is 0 Å². The Bertz CT molecular complexity index is 795. The van der Waals surface area contributed by atoms with Crippen LogP contribution in [0, 0.1) is 6.92 Å². The smallest absolute Gasteiger partial charge is 0.244 e. The van der Waals surface area contributed by atoms with Crippen LogP contribution in [0.2, 0.25) is 0 Å². The third kappa shape index (κ3) is 3.86. The van der Waals surface area contributed by atoms with Crippen molar-refractivity contribution < 1.29 is 4.79 Å². The molecule has 1 N–H and O–H groups in total. The lowest BCUT2D eigenvalue weighted by Gasteiger charge is -2.17. The Morgan fingerprint density at radius 2 is 2.08 bits per heavy atom. The van der Waals surface area contributed by atoms with E-state index in [0.29, 0.717) is 5.82 Å². The molecule has 0 unspecified atom stereocenters. The average Bonchev–Trinajstić information content (AvgIpc) is 3.24. The van der Waals surface area contributed by atoms with Crippen LogP contribution in [-0.4, -0.2) is 26.1 Å². The van der Waals surface area contributed by atoms with Crippen molar-refractivity contribution in [3.8, 4) is 11.4 Å². The van der Waals surface area contributed by atoms with Gasteiger partial charge in [0.1, 0.15) is 6.54 Å². The van der Waals surface area contributed by atoms with Crippen LogP contribution in [0.1, 0.15) is 30.5 Å². The minimum atomic E-state index is -0.128. The maximum Gasteiger partial charge on any atom is 0.244 e. The van der Waals surface area contributed by atoms with Crippen LogP contribution >= 0.6 is 11.3 Å². The second kappa shape index (κ2) is 7.35. The summed E-state index contributed by atoms with van der Waals surface area (Å²) in [7, 11) is 0. The van der Waals surface area contributed by atoms with Crippen molar-refractivity contribution in [2.75, 3.05) is 0 Å². The summed E-state index contributed by atoms with van der Waals surface area (Å²) < 4.78 is 0. The van der Waals surface area contributed by atoms with E-state index in [1.165, 1.54) is 10.4 Å². The highest BCUT2D eigenvalue weighted by Crippen LogP contribution is 2.18. The van der Waals surface area contributed by atoms with Crippen molar-refractivity contribution in [3.63, 3.8) is 0 Å². The number of benzene rings is 1. The van der Waals surface area contributed by atoms with Crippen LogP contribution in [0.25, 0.3) is 11.4 Å².